The van der Waals surface area contributed by atoms with Gasteiger partial charge in [0.1, 0.15) is 5.15 Å². The first-order chi connectivity index (χ1) is 8.60. The van der Waals surface area contributed by atoms with Crippen LogP contribution in [0.3, 0.4) is 0 Å². The Morgan fingerprint density at radius 1 is 1.22 bits per heavy atom. The number of pyridine rings is 1. The van der Waals surface area contributed by atoms with Crippen LogP contribution in [-0.4, -0.2) is 18.1 Å². The molecule has 92 valence electrons. The Balaban J connectivity index is 2.48. The molecule has 0 atom stereocenters. The average Bonchev–Trinajstić information content (AvgIpc) is 2.38. The quantitative estimate of drug-likeness (QED) is 0.614. The van der Waals surface area contributed by atoms with Gasteiger partial charge in [-0.1, -0.05) is 41.4 Å². The fourth-order valence-corrected chi connectivity index (χ4v) is 1.81. The van der Waals surface area contributed by atoms with E-state index in [4.69, 9.17) is 11.6 Å². The van der Waals surface area contributed by atoms with Crippen molar-refractivity contribution in [2.24, 2.45) is 0 Å². The average molecular weight is 262 g/mol. The summed E-state index contributed by atoms with van der Waals surface area (Å²) in [7, 11) is 1.34. The van der Waals surface area contributed by atoms with Crippen molar-refractivity contribution in [3.05, 3.63) is 52.7 Å². The SMILES string of the molecule is COC(=O)c1cc(Cl)nc(-c2ccc(C)cc2)c1. The van der Waals surface area contributed by atoms with Crippen molar-refractivity contribution in [3.8, 4) is 11.3 Å². The summed E-state index contributed by atoms with van der Waals surface area (Å²) >= 11 is 5.91. The highest BCUT2D eigenvalue weighted by Gasteiger charge is 2.10. The minimum atomic E-state index is -0.423. The molecule has 4 heteroatoms. The Morgan fingerprint density at radius 2 is 1.89 bits per heavy atom. The van der Waals surface area contributed by atoms with E-state index in [2.05, 4.69) is 9.72 Å². The minimum Gasteiger partial charge on any atom is -0.465 e. The van der Waals surface area contributed by atoms with Crippen LogP contribution in [0.15, 0.2) is 36.4 Å². The lowest BCUT2D eigenvalue weighted by Gasteiger charge is -2.05. The second-order valence-corrected chi connectivity index (χ2v) is 4.31. The number of aromatic nitrogens is 1. The number of carbonyl (C=O) groups is 1. The van der Waals surface area contributed by atoms with Crippen molar-refractivity contribution in [3.63, 3.8) is 0 Å². The van der Waals surface area contributed by atoms with Gasteiger partial charge in [0.05, 0.1) is 18.4 Å². The van der Waals surface area contributed by atoms with E-state index in [9.17, 15) is 4.79 Å². The molecule has 0 aliphatic heterocycles. The summed E-state index contributed by atoms with van der Waals surface area (Å²) < 4.78 is 4.68. The van der Waals surface area contributed by atoms with Gasteiger partial charge in [0.2, 0.25) is 0 Å². The molecule has 0 radical (unpaired) electrons. The number of esters is 1. The van der Waals surface area contributed by atoms with Gasteiger partial charge >= 0.3 is 5.97 Å². The van der Waals surface area contributed by atoms with E-state index in [1.807, 2.05) is 31.2 Å². The van der Waals surface area contributed by atoms with Gasteiger partial charge in [-0.15, -0.1) is 0 Å². The number of rotatable bonds is 2. The summed E-state index contributed by atoms with van der Waals surface area (Å²) in [4.78, 5) is 15.7. The number of halogens is 1. The largest absolute Gasteiger partial charge is 0.465 e. The van der Waals surface area contributed by atoms with Crippen molar-refractivity contribution in [1.82, 2.24) is 4.98 Å². The molecule has 2 aromatic rings. The summed E-state index contributed by atoms with van der Waals surface area (Å²) in [6, 6.07) is 11.0. The number of aryl methyl sites for hydroxylation is 1. The summed E-state index contributed by atoms with van der Waals surface area (Å²) in [5.74, 6) is -0.423. The zero-order valence-electron chi connectivity index (χ0n) is 10.1. The zero-order chi connectivity index (χ0) is 13.1. The summed E-state index contributed by atoms with van der Waals surface area (Å²) in [6.07, 6.45) is 0. The molecule has 2 rings (SSSR count). The lowest BCUT2D eigenvalue weighted by atomic mass is 10.1. The molecule has 0 bridgehead atoms. The Bertz CT molecular complexity index is 579. The van der Waals surface area contributed by atoms with E-state index in [0.29, 0.717) is 11.3 Å². The molecule has 0 N–H and O–H groups in total. The van der Waals surface area contributed by atoms with E-state index in [1.165, 1.54) is 13.2 Å². The molecule has 0 aliphatic rings. The van der Waals surface area contributed by atoms with Gasteiger partial charge < -0.3 is 4.74 Å². The van der Waals surface area contributed by atoms with Crippen molar-refractivity contribution in [1.29, 1.82) is 0 Å². The molecular weight excluding hydrogens is 250 g/mol. The number of ether oxygens (including phenoxy) is 1. The highest BCUT2D eigenvalue weighted by Crippen LogP contribution is 2.22. The normalized spacial score (nSPS) is 10.2. The molecule has 1 aromatic heterocycles. The standard InChI is InChI=1S/C14H12ClNO2/c1-9-3-5-10(6-4-9)12-7-11(14(17)18-2)8-13(15)16-12/h3-8H,1-2H3. The number of carbonyl (C=O) groups excluding carboxylic acids is 1. The number of nitrogens with zero attached hydrogens (tertiary/aromatic N) is 1. The van der Waals surface area contributed by atoms with Crippen LogP contribution in [0, 0.1) is 6.92 Å². The van der Waals surface area contributed by atoms with Crippen LogP contribution in [0.2, 0.25) is 5.15 Å². The Labute approximate surface area is 110 Å². The van der Waals surface area contributed by atoms with Gasteiger partial charge in [-0.3, -0.25) is 0 Å². The summed E-state index contributed by atoms with van der Waals surface area (Å²) in [5.41, 5.74) is 3.12. The molecular formula is C14H12ClNO2. The van der Waals surface area contributed by atoms with Crippen molar-refractivity contribution in [2.45, 2.75) is 6.92 Å². The van der Waals surface area contributed by atoms with Crippen LogP contribution in [-0.2, 0) is 4.74 Å². The van der Waals surface area contributed by atoms with Crippen molar-refractivity contribution < 1.29 is 9.53 Å². The molecule has 0 fully saturated rings. The minimum absolute atomic E-state index is 0.272. The second-order valence-electron chi connectivity index (χ2n) is 3.92. The molecule has 0 saturated carbocycles. The van der Waals surface area contributed by atoms with E-state index >= 15 is 0 Å². The van der Waals surface area contributed by atoms with Crippen LogP contribution in [0.5, 0.6) is 0 Å². The molecule has 1 aromatic carbocycles. The highest BCUT2D eigenvalue weighted by molar-refractivity contribution is 6.29. The molecule has 0 unspecified atom stereocenters. The van der Waals surface area contributed by atoms with Crippen molar-refractivity contribution in [2.75, 3.05) is 7.11 Å². The molecule has 1 heterocycles. The molecule has 0 amide bonds. The van der Waals surface area contributed by atoms with Gasteiger partial charge in [0.15, 0.2) is 0 Å². The smallest absolute Gasteiger partial charge is 0.338 e. The predicted octanol–water partition coefficient (Wildman–Crippen LogP) is 3.50. The first-order valence-electron chi connectivity index (χ1n) is 5.43. The molecule has 0 aliphatic carbocycles. The maximum atomic E-state index is 11.5. The fraction of sp³-hybridized carbons (Fsp3) is 0.143. The van der Waals surface area contributed by atoms with E-state index in [1.54, 1.807) is 6.07 Å². The highest BCUT2D eigenvalue weighted by atomic mass is 35.5. The van der Waals surface area contributed by atoms with Gasteiger partial charge in [0, 0.05) is 5.56 Å². The third kappa shape index (κ3) is 2.68. The Morgan fingerprint density at radius 3 is 2.50 bits per heavy atom. The fourth-order valence-electron chi connectivity index (χ4n) is 1.60. The van der Waals surface area contributed by atoms with Gasteiger partial charge in [0.25, 0.3) is 0 Å². The van der Waals surface area contributed by atoms with Gasteiger partial charge in [-0.2, -0.15) is 0 Å². The predicted molar refractivity (Wildman–Crippen MR) is 70.8 cm³/mol. The van der Waals surface area contributed by atoms with Crippen LogP contribution < -0.4 is 0 Å². The maximum absolute atomic E-state index is 11.5. The first-order valence-corrected chi connectivity index (χ1v) is 5.81. The molecule has 3 nitrogen and oxygen atoms in total. The van der Waals surface area contributed by atoms with Gasteiger partial charge in [-0.25, -0.2) is 9.78 Å². The summed E-state index contributed by atoms with van der Waals surface area (Å²) in [6.45, 7) is 2.01. The topological polar surface area (TPSA) is 39.2 Å². The van der Waals surface area contributed by atoms with Crippen molar-refractivity contribution >= 4 is 17.6 Å². The monoisotopic (exact) mass is 261 g/mol. The lowest BCUT2D eigenvalue weighted by molar-refractivity contribution is 0.0600. The van der Waals surface area contributed by atoms with Crippen LogP contribution in [0.4, 0.5) is 0 Å². The maximum Gasteiger partial charge on any atom is 0.338 e. The van der Waals surface area contributed by atoms with E-state index < -0.39 is 5.97 Å². The van der Waals surface area contributed by atoms with Crippen LogP contribution >= 0.6 is 11.6 Å². The second kappa shape index (κ2) is 5.19. The lowest BCUT2D eigenvalue weighted by Crippen LogP contribution is -2.02. The van der Waals surface area contributed by atoms with E-state index in [0.717, 1.165) is 11.1 Å². The number of methoxy groups -OCH3 is 1. The third-order valence-corrected chi connectivity index (χ3v) is 2.76. The van der Waals surface area contributed by atoms with E-state index in [-0.39, 0.29) is 5.15 Å². The molecule has 0 saturated heterocycles. The number of benzene rings is 1. The van der Waals surface area contributed by atoms with Gasteiger partial charge in [-0.05, 0) is 19.1 Å². The Hall–Kier alpha value is -1.87. The third-order valence-electron chi connectivity index (χ3n) is 2.56. The summed E-state index contributed by atoms with van der Waals surface area (Å²) in [5, 5.41) is 0.272. The van der Waals surface area contributed by atoms with Crippen LogP contribution in [0.25, 0.3) is 11.3 Å². The molecule has 0 spiro atoms. The Kier molecular flexibility index (Phi) is 3.63. The van der Waals surface area contributed by atoms with Crippen LogP contribution in [0.1, 0.15) is 15.9 Å². The zero-order valence-corrected chi connectivity index (χ0v) is 10.9. The number of hydrogen-bond acceptors (Lipinski definition) is 3. The first kappa shape index (κ1) is 12.6. The number of hydrogen-bond donors (Lipinski definition) is 0. The molecule has 18 heavy (non-hydrogen) atoms.